The summed E-state index contributed by atoms with van der Waals surface area (Å²) in [5.74, 6) is -2.78. The number of aliphatic hydroxyl groups excluding tert-OH is 1. The van der Waals surface area contributed by atoms with E-state index < -0.39 is 41.6 Å². The van der Waals surface area contributed by atoms with Gasteiger partial charge < -0.3 is 39.8 Å². The first kappa shape index (κ1) is 42.4. The van der Waals surface area contributed by atoms with Crippen LogP contribution in [-0.2, 0) is 43.0 Å². The number of hydrogen-bond acceptors (Lipinski definition) is 13. The van der Waals surface area contributed by atoms with Gasteiger partial charge in [-0.2, -0.15) is 0 Å². The molecule has 0 bridgehead atoms. The second-order valence-corrected chi connectivity index (χ2v) is 10.4. The van der Waals surface area contributed by atoms with Crippen molar-refractivity contribution in [1.29, 1.82) is 0 Å². The Labute approximate surface area is 274 Å². The van der Waals surface area contributed by atoms with Gasteiger partial charge in [-0.3, -0.25) is 28.8 Å². The number of hydrogen-bond donors (Lipinski definition) is 4. The van der Waals surface area contributed by atoms with Gasteiger partial charge in [0.1, 0.15) is 50.0 Å². The molecule has 0 saturated heterocycles. The highest BCUT2D eigenvalue weighted by atomic mass is 16.6. The maximum Gasteiger partial charge on any atom is 0.330 e. The number of nitrogens with one attached hydrogen (secondary N) is 2. The lowest BCUT2D eigenvalue weighted by Crippen LogP contribution is -2.36. The third-order valence-corrected chi connectivity index (χ3v) is 5.57. The standard InChI is InChI=1S/C21H28N2O8.C11H18O5/c1-14(24)12-17(25)22-8-9-23-18(26)13-19(27)31-11-10-30-16-6-4-15(5-7-16)20(28)21(2,3)29;1-2-10(13)15-8-9-16-11(14)6-4-3-5-7-12/h4-7,29H,8-13H2,1-3H3,(H,22,25)(H,23,26);2,12H,1,3-9H2. The highest BCUT2D eigenvalue weighted by Gasteiger charge is 2.25. The van der Waals surface area contributed by atoms with E-state index in [0.717, 1.165) is 12.5 Å². The predicted octanol–water partition coefficient (Wildman–Crippen LogP) is 0.975. The van der Waals surface area contributed by atoms with Crippen molar-refractivity contribution in [2.24, 2.45) is 0 Å². The van der Waals surface area contributed by atoms with E-state index in [4.69, 9.17) is 19.3 Å². The van der Waals surface area contributed by atoms with Gasteiger partial charge in [0.25, 0.3) is 0 Å². The number of benzene rings is 1. The summed E-state index contributed by atoms with van der Waals surface area (Å²) in [5, 5.41) is 23.1. The molecule has 47 heavy (non-hydrogen) atoms. The second kappa shape index (κ2) is 24.6. The smallest absolute Gasteiger partial charge is 0.330 e. The molecule has 0 aromatic heterocycles. The fourth-order valence-corrected chi connectivity index (χ4v) is 3.29. The topological polar surface area (TPSA) is 221 Å². The number of carbonyl (C=O) groups is 7. The number of esters is 3. The summed E-state index contributed by atoms with van der Waals surface area (Å²) in [6, 6.07) is 6.16. The first-order valence-corrected chi connectivity index (χ1v) is 14.9. The molecule has 15 heteroatoms. The van der Waals surface area contributed by atoms with E-state index in [0.29, 0.717) is 30.6 Å². The van der Waals surface area contributed by atoms with E-state index in [9.17, 15) is 38.7 Å². The Morgan fingerprint density at radius 2 is 1.34 bits per heavy atom. The summed E-state index contributed by atoms with van der Waals surface area (Å²) >= 11 is 0. The Hall–Kier alpha value is -4.63. The highest BCUT2D eigenvalue weighted by molar-refractivity contribution is 6.01. The second-order valence-electron chi connectivity index (χ2n) is 10.4. The Morgan fingerprint density at radius 3 is 1.89 bits per heavy atom. The molecule has 0 saturated carbocycles. The van der Waals surface area contributed by atoms with Crippen LogP contribution in [0.15, 0.2) is 36.9 Å². The molecule has 15 nitrogen and oxygen atoms in total. The first-order chi connectivity index (χ1) is 22.2. The minimum absolute atomic E-state index is 0.0488. The monoisotopic (exact) mass is 666 g/mol. The molecule has 0 aliphatic heterocycles. The molecule has 0 spiro atoms. The van der Waals surface area contributed by atoms with Crippen molar-refractivity contribution >= 4 is 41.3 Å². The molecule has 1 rings (SSSR count). The van der Waals surface area contributed by atoms with E-state index in [2.05, 4.69) is 21.9 Å². The summed E-state index contributed by atoms with van der Waals surface area (Å²) in [4.78, 5) is 78.9. The molecular formula is C32H46N2O13. The van der Waals surface area contributed by atoms with E-state index in [1.165, 1.54) is 32.9 Å². The normalized spacial score (nSPS) is 10.3. The molecule has 1 aromatic carbocycles. The van der Waals surface area contributed by atoms with Gasteiger partial charge in [-0.05, 0) is 57.9 Å². The molecule has 0 atom stereocenters. The SMILES string of the molecule is C=CC(=O)OCCOC(=O)CCCCCO.CC(=O)CC(=O)NCCNC(=O)CC(=O)OCCOc1ccc(C(=O)C(C)(C)O)cc1. The van der Waals surface area contributed by atoms with Gasteiger partial charge in [-0.1, -0.05) is 13.0 Å². The minimum Gasteiger partial charge on any atom is -0.490 e. The van der Waals surface area contributed by atoms with Crippen LogP contribution in [0.4, 0.5) is 0 Å². The average molecular weight is 667 g/mol. The summed E-state index contributed by atoms with van der Waals surface area (Å²) < 4.78 is 19.7. The highest BCUT2D eigenvalue weighted by Crippen LogP contribution is 2.17. The molecule has 4 N–H and O–H groups in total. The number of Topliss-reactive ketones (excluding diaryl/α,β-unsaturated/α-hetero) is 2. The van der Waals surface area contributed by atoms with Crippen LogP contribution in [0.3, 0.4) is 0 Å². The molecule has 0 heterocycles. The molecule has 0 fully saturated rings. The van der Waals surface area contributed by atoms with Gasteiger partial charge >= 0.3 is 17.9 Å². The number of ketones is 2. The lowest BCUT2D eigenvalue weighted by Gasteiger charge is -2.15. The van der Waals surface area contributed by atoms with Crippen molar-refractivity contribution in [3.63, 3.8) is 0 Å². The van der Waals surface area contributed by atoms with Crippen LogP contribution >= 0.6 is 0 Å². The third kappa shape index (κ3) is 23.4. The number of rotatable bonds is 22. The van der Waals surface area contributed by atoms with Crippen molar-refractivity contribution in [3.05, 3.63) is 42.5 Å². The van der Waals surface area contributed by atoms with Crippen molar-refractivity contribution in [2.45, 2.75) is 64.9 Å². The van der Waals surface area contributed by atoms with Gasteiger partial charge in [0.15, 0.2) is 5.78 Å². The summed E-state index contributed by atoms with van der Waals surface area (Å²) in [5.41, 5.74) is -1.12. The fraction of sp³-hybridized carbons (Fsp3) is 0.531. The van der Waals surface area contributed by atoms with Crippen molar-refractivity contribution < 1.29 is 62.7 Å². The Morgan fingerprint density at radius 1 is 0.787 bits per heavy atom. The van der Waals surface area contributed by atoms with Crippen LogP contribution < -0.4 is 15.4 Å². The van der Waals surface area contributed by atoms with E-state index in [1.807, 2.05) is 0 Å². The molecule has 1 aromatic rings. The molecule has 0 aliphatic carbocycles. The van der Waals surface area contributed by atoms with E-state index in [-0.39, 0.29) is 64.3 Å². The number of unbranched alkanes of at least 4 members (excludes halogenated alkanes) is 2. The van der Waals surface area contributed by atoms with Crippen molar-refractivity contribution in [3.8, 4) is 5.75 Å². The van der Waals surface area contributed by atoms with Crippen molar-refractivity contribution in [2.75, 3.05) is 46.1 Å². The molecule has 0 radical (unpaired) electrons. The third-order valence-electron chi connectivity index (χ3n) is 5.57. The Balaban J connectivity index is 0.00000111. The van der Waals surface area contributed by atoms with Gasteiger partial charge in [-0.25, -0.2) is 4.79 Å². The van der Waals surface area contributed by atoms with Gasteiger partial charge in [0.05, 0.1) is 6.42 Å². The van der Waals surface area contributed by atoms with Gasteiger partial charge in [0.2, 0.25) is 11.8 Å². The van der Waals surface area contributed by atoms with Gasteiger partial charge in [0, 0.05) is 37.8 Å². The molecule has 0 aliphatic rings. The number of carbonyl (C=O) groups excluding carboxylic acids is 7. The number of ether oxygens (including phenoxy) is 4. The van der Waals surface area contributed by atoms with E-state index in [1.54, 1.807) is 12.1 Å². The van der Waals surface area contributed by atoms with Crippen LogP contribution in [0.2, 0.25) is 0 Å². The fourth-order valence-electron chi connectivity index (χ4n) is 3.29. The Bertz CT molecular complexity index is 1170. The quantitative estimate of drug-likeness (QED) is 0.0339. The van der Waals surface area contributed by atoms with Crippen molar-refractivity contribution in [1.82, 2.24) is 10.6 Å². The number of aliphatic hydroxyl groups is 2. The first-order valence-electron chi connectivity index (χ1n) is 14.9. The minimum atomic E-state index is -1.47. The zero-order chi connectivity index (χ0) is 35.7. The summed E-state index contributed by atoms with van der Waals surface area (Å²) in [7, 11) is 0. The molecule has 0 unspecified atom stereocenters. The number of amides is 2. The van der Waals surface area contributed by atoms with E-state index >= 15 is 0 Å². The van der Waals surface area contributed by atoms with Crippen LogP contribution in [-0.4, -0.2) is 103 Å². The molecule has 2 amide bonds. The zero-order valence-electron chi connectivity index (χ0n) is 27.2. The summed E-state index contributed by atoms with van der Waals surface area (Å²) in [6.45, 7) is 7.84. The lowest BCUT2D eigenvalue weighted by molar-refractivity contribution is -0.149. The Kier molecular flexibility index (Phi) is 22.2. The van der Waals surface area contributed by atoms with Gasteiger partial charge in [-0.15, -0.1) is 0 Å². The maximum absolute atomic E-state index is 11.9. The summed E-state index contributed by atoms with van der Waals surface area (Å²) in [6.07, 6.45) is 2.89. The zero-order valence-corrected chi connectivity index (χ0v) is 27.2. The lowest BCUT2D eigenvalue weighted by atomic mass is 9.97. The molecule has 262 valence electrons. The van der Waals surface area contributed by atoms with Crippen LogP contribution in [0, 0.1) is 0 Å². The largest absolute Gasteiger partial charge is 0.490 e. The van der Waals surface area contributed by atoms with Crippen LogP contribution in [0.5, 0.6) is 5.75 Å². The predicted molar refractivity (Wildman–Crippen MR) is 167 cm³/mol. The molecular weight excluding hydrogens is 620 g/mol. The van der Waals surface area contributed by atoms with Crippen LogP contribution in [0.1, 0.15) is 69.7 Å². The maximum atomic E-state index is 11.9. The van der Waals surface area contributed by atoms with Crippen LogP contribution in [0.25, 0.3) is 0 Å². The average Bonchev–Trinajstić information content (AvgIpc) is 3.01.